The SMILES string of the molecule is COC(=O)CCC(=O)[C@@H](C#N)c1ccc(CC#N)cc1. The van der Waals surface area contributed by atoms with Gasteiger partial charge < -0.3 is 4.74 Å². The summed E-state index contributed by atoms with van der Waals surface area (Å²) in [6.07, 6.45) is 0.235. The molecule has 5 nitrogen and oxygen atoms in total. The fourth-order valence-electron chi connectivity index (χ4n) is 1.72. The molecule has 1 aromatic rings. The molecule has 0 aliphatic rings. The van der Waals surface area contributed by atoms with Crippen LogP contribution in [0.15, 0.2) is 24.3 Å². The number of benzene rings is 1. The molecule has 0 heterocycles. The van der Waals surface area contributed by atoms with Crippen molar-refractivity contribution in [1.29, 1.82) is 10.5 Å². The Morgan fingerprint density at radius 2 is 1.85 bits per heavy atom. The number of methoxy groups -OCH3 is 1. The normalized spacial score (nSPS) is 10.9. The zero-order valence-corrected chi connectivity index (χ0v) is 11.1. The lowest BCUT2D eigenvalue weighted by Crippen LogP contribution is -2.13. The average Bonchev–Trinajstić information content (AvgIpc) is 2.47. The van der Waals surface area contributed by atoms with Crippen molar-refractivity contribution in [2.24, 2.45) is 0 Å². The van der Waals surface area contributed by atoms with E-state index in [1.807, 2.05) is 12.1 Å². The lowest BCUT2D eigenvalue weighted by Gasteiger charge is -2.08. The van der Waals surface area contributed by atoms with Crippen molar-refractivity contribution >= 4 is 11.8 Å². The minimum absolute atomic E-state index is 0.0230. The van der Waals surface area contributed by atoms with Crippen LogP contribution in [0.4, 0.5) is 0 Å². The molecule has 0 saturated carbocycles. The second-order valence-corrected chi connectivity index (χ2v) is 4.18. The van der Waals surface area contributed by atoms with Crippen LogP contribution >= 0.6 is 0 Å². The van der Waals surface area contributed by atoms with Gasteiger partial charge in [-0.05, 0) is 11.1 Å². The monoisotopic (exact) mass is 270 g/mol. The van der Waals surface area contributed by atoms with Crippen LogP contribution < -0.4 is 0 Å². The highest BCUT2D eigenvalue weighted by atomic mass is 16.5. The van der Waals surface area contributed by atoms with Gasteiger partial charge in [-0.25, -0.2) is 0 Å². The Bertz CT molecular complexity index is 564. The minimum Gasteiger partial charge on any atom is -0.469 e. The summed E-state index contributed by atoms with van der Waals surface area (Å²) >= 11 is 0. The van der Waals surface area contributed by atoms with Crippen molar-refractivity contribution in [2.45, 2.75) is 25.2 Å². The molecule has 102 valence electrons. The van der Waals surface area contributed by atoms with Gasteiger partial charge in [-0.2, -0.15) is 10.5 Å². The molecule has 0 N–H and O–H groups in total. The number of nitrogens with zero attached hydrogens (tertiary/aromatic N) is 2. The maximum Gasteiger partial charge on any atom is 0.305 e. The van der Waals surface area contributed by atoms with Crippen molar-refractivity contribution < 1.29 is 14.3 Å². The van der Waals surface area contributed by atoms with Crippen molar-refractivity contribution in [3.05, 3.63) is 35.4 Å². The molecule has 0 aliphatic heterocycles. The number of carbonyl (C=O) groups excluding carboxylic acids is 2. The minimum atomic E-state index is -0.893. The number of ketones is 1. The number of carbonyl (C=O) groups is 2. The maximum atomic E-state index is 11.9. The van der Waals surface area contributed by atoms with Crippen molar-refractivity contribution in [2.75, 3.05) is 7.11 Å². The summed E-state index contributed by atoms with van der Waals surface area (Å²) in [5.41, 5.74) is 1.40. The van der Waals surface area contributed by atoms with Crippen molar-refractivity contribution in [1.82, 2.24) is 0 Å². The van der Waals surface area contributed by atoms with Crippen LogP contribution in [0.2, 0.25) is 0 Å². The molecule has 0 bridgehead atoms. The van der Waals surface area contributed by atoms with E-state index >= 15 is 0 Å². The van der Waals surface area contributed by atoms with E-state index in [0.29, 0.717) is 5.56 Å². The number of hydrogen-bond donors (Lipinski definition) is 0. The van der Waals surface area contributed by atoms with Crippen LogP contribution in [-0.2, 0) is 20.7 Å². The Kier molecular flexibility index (Phi) is 5.93. The Hall–Kier alpha value is -2.66. The number of nitriles is 2. The Balaban J connectivity index is 2.75. The third-order valence-corrected chi connectivity index (χ3v) is 2.85. The Labute approximate surface area is 117 Å². The van der Waals surface area contributed by atoms with E-state index in [0.717, 1.165) is 5.56 Å². The Morgan fingerprint density at radius 1 is 1.20 bits per heavy atom. The summed E-state index contributed by atoms with van der Waals surface area (Å²) in [4.78, 5) is 22.9. The van der Waals surface area contributed by atoms with Gasteiger partial charge in [0.15, 0.2) is 5.78 Å². The van der Waals surface area contributed by atoms with E-state index in [1.165, 1.54) is 7.11 Å². The third-order valence-electron chi connectivity index (χ3n) is 2.85. The number of Topliss-reactive ketones (excluding diaryl/α,β-unsaturated/α-hetero) is 1. The van der Waals surface area contributed by atoms with Crippen LogP contribution in [0, 0.1) is 22.7 Å². The fourth-order valence-corrected chi connectivity index (χ4v) is 1.72. The molecule has 0 amide bonds. The van der Waals surface area contributed by atoms with Gasteiger partial charge in [-0.1, -0.05) is 24.3 Å². The zero-order chi connectivity index (χ0) is 15.0. The van der Waals surface area contributed by atoms with Gasteiger partial charge in [-0.15, -0.1) is 0 Å². The van der Waals surface area contributed by atoms with Gasteiger partial charge in [0.1, 0.15) is 5.92 Å². The highest BCUT2D eigenvalue weighted by molar-refractivity contribution is 5.90. The predicted octanol–water partition coefficient (Wildman–Crippen LogP) is 1.88. The number of esters is 1. The first kappa shape index (κ1) is 15.4. The molecule has 0 fully saturated rings. The summed E-state index contributed by atoms with van der Waals surface area (Å²) in [5.74, 6) is -1.68. The molecule has 0 aliphatic carbocycles. The number of ether oxygens (including phenoxy) is 1. The average molecular weight is 270 g/mol. The summed E-state index contributed by atoms with van der Waals surface area (Å²) < 4.78 is 4.46. The van der Waals surface area contributed by atoms with E-state index in [-0.39, 0.29) is 25.0 Å². The molecular weight excluding hydrogens is 256 g/mol. The molecule has 5 heteroatoms. The summed E-state index contributed by atoms with van der Waals surface area (Å²) in [7, 11) is 1.25. The third kappa shape index (κ3) is 4.22. The van der Waals surface area contributed by atoms with Crippen molar-refractivity contribution in [3.8, 4) is 12.1 Å². The van der Waals surface area contributed by atoms with E-state index in [9.17, 15) is 9.59 Å². The lowest BCUT2D eigenvalue weighted by atomic mass is 9.92. The standard InChI is InChI=1S/C15H14N2O3/c1-20-15(19)7-6-14(18)13(10-17)12-4-2-11(3-5-12)8-9-16/h2-5,13H,6-8H2,1H3/t13-/m0/s1. The second kappa shape index (κ2) is 7.70. The topological polar surface area (TPSA) is 90.9 Å². The maximum absolute atomic E-state index is 11.9. The smallest absolute Gasteiger partial charge is 0.305 e. The van der Waals surface area contributed by atoms with Gasteiger partial charge in [0.25, 0.3) is 0 Å². The van der Waals surface area contributed by atoms with Gasteiger partial charge in [0.05, 0.1) is 32.1 Å². The second-order valence-electron chi connectivity index (χ2n) is 4.18. The molecule has 0 saturated heterocycles. The van der Waals surface area contributed by atoms with Gasteiger partial charge in [0.2, 0.25) is 0 Å². The largest absolute Gasteiger partial charge is 0.469 e. The summed E-state index contributed by atoms with van der Waals surface area (Å²) in [6.45, 7) is 0. The molecule has 0 spiro atoms. The van der Waals surface area contributed by atoms with Crippen LogP contribution in [0.1, 0.15) is 29.9 Å². The van der Waals surface area contributed by atoms with Crippen LogP contribution in [-0.4, -0.2) is 18.9 Å². The predicted molar refractivity (Wildman–Crippen MR) is 70.4 cm³/mol. The van der Waals surface area contributed by atoms with Crippen molar-refractivity contribution in [3.63, 3.8) is 0 Å². The molecule has 1 aromatic carbocycles. The molecule has 0 radical (unpaired) electrons. The highest BCUT2D eigenvalue weighted by Gasteiger charge is 2.20. The van der Waals surface area contributed by atoms with E-state index in [4.69, 9.17) is 10.5 Å². The molecule has 20 heavy (non-hydrogen) atoms. The van der Waals surface area contributed by atoms with E-state index in [2.05, 4.69) is 4.74 Å². The molecule has 1 atom stereocenters. The first-order chi connectivity index (χ1) is 9.62. The fraction of sp³-hybridized carbons (Fsp3) is 0.333. The van der Waals surface area contributed by atoms with E-state index in [1.54, 1.807) is 24.3 Å². The van der Waals surface area contributed by atoms with E-state index < -0.39 is 11.9 Å². The summed E-state index contributed by atoms with van der Waals surface area (Å²) in [5, 5.41) is 17.7. The van der Waals surface area contributed by atoms with Crippen LogP contribution in [0.25, 0.3) is 0 Å². The number of hydrogen-bond acceptors (Lipinski definition) is 5. The zero-order valence-electron chi connectivity index (χ0n) is 11.1. The number of rotatable bonds is 6. The lowest BCUT2D eigenvalue weighted by molar-refractivity contribution is -0.141. The first-order valence-corrected chi connectivity index (χ1v) is 6.07. The molecular formula is C15H14N2O3. The quantitative estimate of drug-likeness (QED) is 0.736. The van der Waals surface area contributed by atoms with Gasteiger partial charge >= 0.3 is 5.97 Å². The Morgan fingerprint density at radius 3 is 2.35 bits per heavy atom. The van der Waals surface area contributed by atoms with Gasteiger partial charge in [-0.3, -0.25) is 9.59 Å². The van der Waals surface area contributed by atoms with Crippen LogP contribution in [0.5, 0.6) is 0 Å². The summed E-state index contributed by atoms with van der Waals surface area (Å²) in [6, 6.07) is 10.7. The van der Waals surface area contributed by atoms with Gasteiger partial charge in [0, 0.05) is 6.42 Å². The molecule has 0 unspecified atom stereocenters. The van der Waals surface area contributed by atoms with Crippen LogP contribution in [0.3, 0.4) is 0 Å². The first-order valence-electron chi connectivity index (χ1n) is 6.07. The molecule has 1 rings (SSSR count). The highest BCUT2D eigenvalue weighted by Crippen LogP contribution is 2.19. The molecule has 0 aromatic heterocycles.